The van der Waals surface area contributed by atoms with Gasteiger partial charge in [0.1, 0.15) is 0 Å². The predicted octanol–water partition coefficient (Wildman–Crippen LogP) is 3.37. The van der Waals surface area contributed by atoms with Crippen LogP contribution in [0.15, 0.2) is 47.1 Å². The first-order chi connectivity index (χ1) is 8.79. The molecule has 0 radical (unpaired) electrons. The summed E-state index contributed by atoms with van der Waals surface area (Å²) < 4.78 is 0.905. The Morgan fingerprint density at radius 1 is 1.28 bits per heavy atom. The highest BCUT2D eigenvalue weighted by Crippen LogP contribution is 2.23. The molecule has 0 saturated carbocycles. The maximum Gasteiger partial charge on any atom is 0.0992 e. The average Bonchev–Trinajstić information content (AvgIpc) is 2.42. The SMILES string of the molecule is N#Cc1ccc(NCCc2ccccn2)c(Br)c1. The van der Waals surface area contributed by atoms with Crippen LogP contribution in [0.3, 0.4) is 0 Å². The van der Waals surface area contributed by atoms with Crippen molar-refractivity contribution < 1.29 is 0 Å². The van der Waals surface area contributed by atoms with Crippen LogP contribution in [-0.2, 0) is 6.42 Å². The predicted molar refractivity (Wildman–Crippen MR) is 75.3 cm³/mol. The van der Waals surface area contributed by atoms with Gasteiger partial charge in [0, 0.05) is 35.0 Å². The van der Waals surface area contributed by atoms with Crippen LogP contribution in [0.4, 0.5) is 5.69 Å². The van der Waals surface area contributed by atoms with Gasteiger partial charge in [-0.1, -0.05) is 6.07 Å². The van der Waals surface area contributed by atoms with Gasteiger partial charge in [0.2, 0.25) is 0 Å². The van der Waals surface area contributed by atoms with Crippen LogP contribution in [0.25, 0.3) is 0 Å². The van der Waals surface area contributed by atoms with Crippen LogP contribution < -0.4 is 5.32 Å². The zero-order valence-corrected chi connectivity index (χ0v) is 11.3. The summed E-state index contributed by atoms with van der Waals surface area (Å²) >= 11 is 3.45. The van der Waals surface area contributed by atoms with E-state index in [2.05, 4.69) is 32.3 Å². The Morgan fingerprint density at radius 2 is 2.17 bits per heavy atom. The third-order valence-corrected chi connectivity index (χ3v) is 3.18. The lowest BCUT2D eigenvalue weighted by atomic mass is 10.2. The number of halogens is 1. The Hall–Kier alpha value is -1.86. The standard InChI is InChI=1S/C14H12BrN3/c15-13-9-11(10-16)4-5-14(13)18-8-6-12-3-1-2-7-17-12/h1-5,7,9,18H,6,8H2. The van der Waals surface area contributed by atoms with Gasteiger partial charge in [-0.15, -0.1) is 0 Å². The Balaban J connectivity index is 1.93. The number of aromatic nitrogens is 1. The highest BCUT2D eigenvalue weighted by atomic mass is 79.9. The average molecular weight is 302 g/mol. The summed E-state index contributed by atoms with van der Waals surface area (Å²) in [5, 5.41) is 12.1. The monoisotopic (exact) mass is 301 g/mol. The fraction of sp³-hybridized carbons (Fsp3) is 0.143. The van der Waals surface area contributed by atoms with Crippen LogP contribution in [0.2, 0.25) is 0 Å². The molecule has 90 valence electrons. The van der Waals surface area contributed by atoms with Gasteiger partial charge in [-0.25, -0.2) is 0 Å². The first-order valence-corrected chi connectivity index (χ1v) is 6.42. The lowest BCUT2D eigenvalue weighted by molar-refractivity contribution is 0.961. The first kappa shape index (κ1) is 12.6. The van der Waals surface area contributed by atoms with Gasteiger partial charge in [-0.3, -0.25) is 4.98 Å². The van der Waals surface area contributed by atoms with E-state index in [1.807, 2.05) is 30.3 Å². The second kappa shape index (κ2) is 6.18. The van der Waals surface area contributed by atoms with Crippen LogP contribution in [-0.4, -0.2) is 11.5 Å². The fourth-order valence-electron chi connectivity index (χ4n) is 1.60. The number of rotatable bonds is 4. The Labute approximate surface area is 115 Å². The summed E-state index contributed by atoms with van der Waals surface area (Å²) in [7, 11) is 0. The zero-order chi connectivity index (χ0) is 12.8. The molecule has 18 heavy (non-hydrogen) atoms. The maximum absolute atomic E-state index is 8.78. The summed E-state index contributed by atoms with van der Waals surface area (Å²) in [5.74, 6) is 0. The van der Waals surface area contributed by atoms with Crippen LogP contribution in [0.1, 0.15) is 11.3 Å². The van der Waals surface area contributed by atoms with Crippen molar-refractivity contribution in [1.29, 1.82) is 5.26 Å². The molecular weight excluding hydrogens is 290 g/mol. The van der Waals surface area contributed by atoms with Gasteiger partial charge in [-0.2, -0.15) is 5.26 Å². The van der Waals surface area contributed by atoms with Crippen LogP contribution in [0.5, 0.6) is 0 Å². The first-order valence-electron chi connectivity index (χ1n) is 5.63. The molecule has 1 aromatic heterocycles. The largest absolute Gasteiger partial charge is 0.384 e. The molecule has 1 N–H and O–H groups in total. The maximum atomic E-state index is 8.78. The highest BCUT2D eigenvalue weighted by Gasteiger charge is 2.01. The second-order valence-electron chi connectivity index (χ2n) is 3.80. The number of benzene rings is 1. The van der Waals surface area contributed by atoms with Crippen molar-refractivity contribution in [2.24, 2.45) is 0 Å². The van der Waals surface area contributed by atoms with E-state index in [1.54, 1.807) is 12.3 Å². The molecule has 0 aliphatic heterocycles. The molecule has 2 aromatic rings. The molecule has 4 heteroatoms. The van der Waals surface area contributed by atoms with Gasteiger partial charge >= 0.3 is 0 Å². The third kappa shape index (κ3) is 3.31. The van der Waals surface area contributed by atoms with Gasteiger partial charge in [0.25, 0.3) is 0 Å². The molecule has 1 heterocycles. The van der Waals surface area contributed by atoms with Crippen molar-refractivity contribution >= 4 is 21.6 Å². The van der Waals surface area contributed by atoms with Crippen molar-refractivity contribution in [3.05, 3.63) is 58.3 Å². The molecule has 0 atom stereocenters. The number of anilines is 1. The van der Waals surface area contributed by atoms with Gasteiger partial charge in [0.05, 0.1) is 11.6 Å². The number of nitriles is 1. The molecule has 1 aromatic carbocycles. The lowest BCUT2D eigenvalue weighted by Gasteiger charge is -2.08. The number of nitrogens with one attached hydrogen (secondary N) is 1. The molecule has 0 amide bonds. The number of pyridine rings is 1. The Bertz CT molecular complexity index is 561. The van der Waals surface area contributed by atoms with E-state index in [4.69, 9.17) is 5.26 Å². The van der Waals surface area contributed by atoms with E-state index < -0.39 is 0 Å². The van der Waals surface area contributed by atoms with Gasteiger partial charge in [0.15, 0.2) is 0 Å². The summed E-state index contributed by atoms with van der Waals surface area (Å²) in [4.78, 5) is 4.26. The fourth-order valence-corrected chi connectivity index (χ4v) is 2.12. The molecule has 0 aliphatic carbocycles. The summed E-state index contributed by atoms with van der Waals surface area (Å²) in [5.41, 5.74) is 2.71. The summed E-state index contributed by atoms with van der Waals surface area (Å²) in [6, 6.07) is 13.5. The van der Waals surface area contributed by atoms with Crippen molar-refractivity contribution in [3.63, 3.8) is 0 Å². The van der Waals surface area contributed by atoms with Crippen molar-refractivity contribution in [3.8, 4) is 6.07 Å². The minimum atomic E-state index is 0.650. The smallest absolute Gasteiger partial charge is 0.0992 e. The molecule has 0 aliphatic rings. The molecule has 0 unspecified atom stereocenters. The molecule has 0 bridgehead atoms. The zero-order valence-electron chi connectivity index (χ0n) is 9.73. The minimum absolute atomic E-state index is 0.650. The number of hydrogen-bond donors (Lipinski definition) is 1. The topological polar surface area (TPSA) is 48.7 Å². The summed E-state index contributed by atoms with van der Waals surface area (Å²) in [6.07, 6.45) is 2.67. The van der Waals surface area contributed by atoms with Crippen molar-refractivity contribution in [2.45, 2.75) is 6.42 Å². The Morgan fingerprint density at radius 3 is 2.83 bits per heavy atom. The van der Waals surface area contributed by atoms with Crippen molar-refractivity contribution in [2.75, 3.05) is 11.9 Å². The Kier molecular flexibility index (Phi) is 4.32. The number of hydrogen-bond acceptors (Lipinski definition) is 3. The molecule has 0 spiro atoms. The quantitative estimate of drug-likeness (QED) is 0.942. The van der Waals surface area contributed by atoms with Crippen molar-refractivity contribution in [1.82, 2.24) is 4.98 Å². The van der Waals surface area contributed by atoms with Gasteiger partial charge in [-0.05, 0) is 46.3 Å². The van der Waals surface area contributed by atoms with E-state index in [9.17, 15) is 0 Å². The molecule has 2 rings (SSSR count). The minimum Gasteiger partial charge on any atom is -0.384 e. The van der Waals surface area contributed by atoms with E-state index in [0.717, 1.165) is 28.8 Å². The highest BCUT2D eigenvalue weighted by molar-refractivity contribution is 9.10. The summed E-state index contributed by atoms with van der Waals surface area (Å²) in [6.45, 7) is 0.807. The van der Waals surface area contributed by atoms with Crippen LogP contribution in [0, 0.1) is 11.3 Å². The normalized spacial score (nSPS) is 9.78. The van der Waals surface area contributed by atoms with E-state index >= 15 is 0 Å². The third-order valence-electron chi connectivity index (χ3n) is 2.52. The van der Waals surface area contributed by atoms with Crippen LogP contribution >= 0.6 is 15.9 Å². The molecule has 0 saturated heterocycles. The lowest BCUT2D eigenvalue weighted by Crippen LogP contribution is -2.06. The van der Waals surface area contributed by atoms with Gasteiger partial charge < -0.3 is 5.32 Å². The number of nitrogens with zero attached hydrogens (tertiary/aromatic N) is 2. The van der Waals surface area contributed by atoms with E-state index in [1.165, 1.54) is 0 Å². The molecule has 0 fully saturated rings. The second-order valence-corrected chi connectivity index (χ2v) is 4.66. The van der Waals surface area contributed by atoms with E-state index in [-0.39, 0.29) is 0 Å². The molecule has 3 nitrogen and oxygen atoms in total. The van der Waals surface area contributed by atoms with E-state index in [0.29, 0.717) is 5.56 Å². The molecular formula is C14H12BrN3.